The number of benzene rings is 1. The Hall–Kier alpha value is -1.39. The molecule has 0 bridgehead atoms. The van der Waals surface area contributed by atoms with Gasteiger partial charge in [0.05, 0.1) is 17.1 Å². The summed E-state index contributed by atoms with van der Waals surface area (Å²) in [5.74, 6) is 1.01. The summed E-state index contributed by atoms with van der Waals surface area (Å²) in [6, 6.07) is 8.10. The summed E-state index contributed by atoms with van der Waals surface area (Å²) in [5, 5.41) is 0. The third kappa shape index (κ3) is 2.54. The number of aromatic nitrogens is 2. The van der Waals surface area contributed by atoms with E-state index >= 15 is 0 Å². The second kappa shape index (κ2) is 5.50. The number of aryl methyl sites for hydroxylation is 1. The van der Waals surface area contributed by atoms with Crippen molar-refractivity contribution >= 4 is 11.0 Å². The zero-order valence-electron chi connectivity index (χ0n) is 11.3. The summed E-state index contributed by atoms with van der Waals surface area (Å²) in [7, 11) is 2.03. The van der Waals surface area contributed by atoms with Gasteiger partial charge in [0.1, 0.15) is 5.82 Å². The monoisotopic (exact) mass is 247 g/mol. The van der Waals surface area contributed by atoms with Gasteiger partial charge in [0, 0.05) is 26.1 Å². The molecule has 4 heteroatoms. The van der Waals surface area contributed by atoms with Gasteiger partial charge in [0.15, 0.2) is 0 Å². The van der Waals surface area contributed by atoms with Crippen molar-refractivity contribution in [1.29, 1.82) is 0 Å². The van der Waals surface area contributed by atoms with Crippen LogP contribution in [0.3, 0.4) is 0 Å². The molecule has 2 N–H and O–H groups in total. The number of ether oxygens (including phenoxy) is 1. The van der Waals surface area contributed by atoms with Gasteiger partial charge < -0.3 is 15.0 Å². The first-order valence-corrected chi connectivity index (χ1v) is 6.41. The summed E-state index contributed by atoms with van der Waals surface area (Å²) in [6.45, 7) is 4.69. The minimum Gasteiger partial charge on any atom is -0.377 e. The van der Waals surface area contributed by atoms with Gasteiger partial charge in [-0.05, 0) is 26.0 Å². The molecule has 2 unspecified atom stereocenters. The second-order valence-electron chi connectivity index (χ2n) is 4.60. The fraction of sp³-hybridized carbons (Fsp3) is 0.500. The lowest BCUT2D eigenvalue weighted by molar-refractivity contribution is 0.0571. The minimum absolute atomic E-state index is 0.0273. The van der Waals surface area contributed by atoms with Crippen LogP contribution in [0.1, 0.15) is 19.7 Å². The average Bonchev–Trinajstić information content (AvgIpc) is 2.67. The maximum absolute atomic E-state index is 6.15. The van der Waals surface area contributed by atoms with Crippen LogP contribution >= 0.6 is 0 Å². The molecular formula is C14H21N3O. The van der Waals surface area contributed by atoms with Gasteiger partial charge in [-0.2, -0.15) is 0 Å². The highest BCUT2D eigenvalue weighted by Gasteiger charge is 2.16. The lowest BCUT2D eigenvalue weighted by Crippen LogP contribution is -2.37. The molecule has 98 valence electrons. The number of hydrogen-bond donors (Lipinski definition) is 1. The summed E-state index contributed by atoms with van der Waals surface area (Å²) in [4.78, 5) is 4.62. The number of imidazole rings is 1. The number of para-hydroxylation sites is 2. The highest BCUT2D eigenvalue weighted by molar-refractivity contribution is 5.75. The zero-order chi connectivity index (χ0) is 13.1. The normalized spacial score (nSPS) is 14.9. The molecular weight excluding hydrogens is 226 g/mol. The average molecular weight is 247 g/mol. The van der Waals surface area contributed by atoms with Gasteiger partial charge in [0.25, 0.3) is 0 Å². The lowest BCUT2D eigenvalue weighted by atomic mass is 10.1. The zero-order valence-corrected chi connectivity index (χ0v) is 11.3. The summed E-state index contributed by atoms with van der Waals surface area (Å²) in [5.41, 5.74) is 8.31. The topological polar surface area (TPSA) is 53.1 Å². The van der Waals surface area contributed by atoms with E-state index in [4.69, 9.17) is 10.5 Å². The first-order chi connectivity index (χ1) is 8.63. The van der Waals surface area contributed by atoms with Crippen LogP contribution in [-0.2, 0) is 18.2 Å². The van der Waals surface area contributed by atoms with E-state index < -0.39 is 0 Å². The first-order valence-electron chi connectivity index (χ1n) is 6.41. The van der Waals surface area contributed by atoms with Crippen molar-refractivity contribution in [3.05, 3.63) is 30.1 Å². The number of nitrogens with zero attached hydrogens (tertiary/aromatic N) is 2. The Labute approximate surface area is 108 Å². The Morgan fingerprint density at radius 3 is 2.78 bits per heavy atom. The van der Waals surface area contributed by atoms with E-state index in [-0.39, 0.29) is 12.1 Å². The van der Waals surface area contributed by atoms with Gasteiger partial charge in [0.2, 0.25) is 0 Å². The Balaban J connectivity index is 2.19. The molecule has 0 amide bonds. The molecule has 4 nitrogen and oxygen atoms in total. The molecule has 18 heavy (non-hydrogen) atoms. The van der Waals surface area contributed by atoms with E-state index in [1.54, 1.807) is 0 Å². The van der Waals surface area contributed by atoms with Crippen molar-refractivity contribution < 1.29 is 4.74 Å². The van der Waals surface area contributed by atoms with Gasteiger partial charge in [-0.1, -0.05) is 12.1 Å². The molecule has 0 saturated carbocycles. The largest absolute Gasteiger partial charge is 0.377 e. The molecule has 0 aliphatic carbocycles. The number of fused-ring (bicyclic) bond motifs is 1. The molecule has 0 fully saturated rings. The third-order valence-electron chi connectivity index (χ3n) is 3.33. The van der Waals surface area contributed by atoms with Crippen LogP contribution in [0.2, 0.25) is 0 Å². The summed E-state index contributed by atoms with van der Waals surface area (Å²) >= 11 is 0. The van der Waals surface area contributed by atoms with Crippen molar-refractivity contribution in [2.45, 2.75) is 32.4 Å². The number of nitrogens with two attached hydrogens (primary N) is 1. The molecule has 2 atom stereocenters. The molecule has 2 rings (SSSR count). The van der Waals surface area contributed by atoms with Crippen molar-refractivity contribution in [3.8, 4) is 0 Å². The fourth-order valence-electron chi connectivity index (χ4n) is 2.14. The van der Waals surface area contributed by atoms with E-state index in [0.29, 0.717) is 6.61 Å². The lowest BCUT2D eigenvalue weighted by Gasteiger charge is -2.19. The predicted molar refractivity (Wildman–Crippen MR) is 73.5 cm³/mol. The molecule has 1 heterocycles. The maximum Gasteiger partial charge on any atom is 0.111 e. The number of rotatable bonds is 5. The standard InChI is InChI=1S/C14H21N3O/c1-4-18-10(2)11(15)9-14-16-12-7-5-6-8-13(12)17(14)3/h5-8,10-11H,4,9,15H2,1-3H3. The minimum atomic E-state index is -0.0273. The fourth-order valence-corrected chi connectivity index (χ4v) is 2.14. The van der Waals surface area contributed by atoms with Crippen molar-refractivity contribution in [3.63, 3.8) is 0 Å². The van der Waals surface area contributed by atoms with Crippen LogP contribution in [0.25, 0.3) is 11.0 Å². The summed E-state index contributed by atoms with van der Waals surface area (Å²) < 4.78 is 7.63. The van der Waals surface area contributed by atoms with Crippen LogP contribution in [0.4, 0.5) is 0 Å². The van der Waals surface area contributed by atoms with Crippen LogP contribution in [0.15, 0.2) is 24.3 Å². The first kappa shape index (κ1) is 13.1. The van der Waals surface area contributed by atoms with Gasteiger partial charge in [-0.25, -0.2) is 4.98 Å². The smallest absolute Gasteiger partial charge is 0.111 e. The highest BCUT2D eigenvalue weighted by atomic mass is 16.5. The molecule has 0 radical (unpaired) electrons. The Morgan fingerprint density at radius 1 is 1.39 bits per heavy atom. The van der Waals surface area contributed by atoms with Crippen LogP contribution in [0.5, 0.6) is 0 Å². The van der Waals surface area contributed by atoms with E-state index in [1.807, 2.05) is 39.1 Å². The van der Waals surface area contributed by atoms with Crippen LogP contribution in [0, 0.1) is 0 Å². The summed E-state index contributed by atoms with van der Waals surface area (Å²) in [6.07, 6.45) is 0.779. The maximum atomic E-state index is 6.15. The van der Waals surface area contributed by atoms with Gasteiger partial charge >= 0.3 is 0 Å². The van der Waals surface area contributed by atoms with Crippen molar-refractivity contribution in [2.75, 3.05) is 6.61 Å². The third-order valence-corrected chi connectivity index (χ3v) is 3.33. The van der Waals surface area contributed by atoms with E-state index in [9.17, 15) is 0 Å². The SMILES string of the molecule is CCOC(C)C(N)Cc1nc2ccccc2n1C. The van der Waals surface area contributed by atoms with Crippen LogP contribution in [-0.4, -0.2) is 28.3 Å². The number of hydrogen-bond acceptors (Lipinski definition) is 3. The Bertz CT molecular complexity index is 521. The van der Waals surface area contributed by atoms with Gasteiger partial charge in [-0.3, -0.25) is 0 Å². The predicted octanol–water partition coefficient (Wildman–Crippen LogP) is 1.87. The Morgan fingerprint density at radius 2 is 2.11 bits per heavy atom. The van der Waals surface area contributed by atoms with E-state index in [0.717, 1.165) is 23.3 Å². The highest BCUT2D eigenvalue weighted by Crippen LogP contribution is 2.15. The molecule has 0 spiro atoms. The van der Waals surface area contributed by atoms with Crippen LogP contribution < -0.4 is 5.73 Å². The second-order valence-corrected chi connectivity index (χ2v) is 4.60. The van der Waals surface area contributed by atoms with E-state index in [2.05, 4.69) is 15.6 Å². The van der Waals surface area contributed by atoms with Crippen molar-refractivity contribution in [1.82, 2.24) is 9.55 Å². The Kier molecular flexibility index (Phi) is 3.99. The molecule has 2 aromatic rings. The molecule has 0 aliphatic rings. The van der Waals surface area contributed by atoms with Gasteiger partial charge in [-0.15, -0.1) is 0 Å². The quantitative estimate of drug-likeness (QED) is 0.877. The van der Waals surface area contributed by atoms with E-state index in [1.165, 1.54) is 0 Å². The molecule has 0 saturated heterocycles. The molecule has 1 aromatic heterocycles. The molecule has 0 aliphatic heterocycles. The van der Waals surface area contributed by atoms with Crippen molar-refractivity contribution in [2.24, 2.45) is 12.8 Å². The molecule has 1 aromatic carbocycles.